The van der Waals surface area contributed by atoms with Gasteiger partial charge in [0.2, 0.25) is 23.6 Å². The molecule has 0 radical (unpaired) electrons. The smallest absolute Gasteiger partial charge is 0.246 e. The molecule has 5 aromatic rings. The molecule has 4 aliphatic rings. The molecule has 2 aromatic heterocycles. The van der Waals surface area contributed by atoms with Crippen LogP contribution in [0.2, 0.25) is 0 Å². The number of hydrogen-bond donors (Lipinski definition) is 5. The van der Waals surface area contributed by atoms with Crippen LogP contribution in [0.5, 0.6) is 11.5 Å². The number of carbonyl (C=O) groups excluding carboxylic acids is 4. The van der Waals surface area contributed by atoms with Crippen LogP contribution in [0.3, 0.4) is 0 Å². The number of aliphatic hydroxyl groups is 1. The van der Waals surface area contributed by atoms with Gasteiger partial charge in [-0.25, -0.2) is 4.98 Å². The molecular formula is C61H81N11O7S. The SMILES string of the molecule is Cc1ncsc1-c1ccc(CNC(=O)[C@@H]2C[C@@H](O)CN2C(=O)C(NC(=O)CCCCCCCCCC(=O)N2CCN(CCOc3cccc(N4C5CCC4CN(c4cc(-c6ccccc6O)nnc4N)C5)c3)CC2)C(C)(C)C)cc1. The standard InChI is InChI=1S/C61H81N11O7S/c1-41-56(80-40-64-41)43-23-21-42(22-24-43)36-63-59(77)52-34-47(73)39-71(52)60(78)57(61(2,3)4)65-54(75)19-10-8-6-5-7-9-11-20-55(76)69-29-27-68(28-30-69)31-32-79-48-16-14-15-44(33-48)72-45-25-26-46(72)38-70(37-45)51-35-50(66-67-58(51)62)49-17-12-13-18-53(49)74/h12-18,21-24,33,35,40,45-47,52,57,73-74H,5-11,19-20,25-32,34,36-39H2,1-4H3,(H2,62,67)(H,63,77)(H,65,75)/t45?,46?,47-,52+,57?/m1/s1. The van der Waals surface area contributed by atoms with Gasteiger partial charge in [0.1, 0.15) is 30.2 Å². The molecule has 19 heteroatoms. The van der Waals surface area contributed by atoms with Crippen molar-refractivity contribution in [2.75, 3.05) is 74.5 Å². The van der Waals surface area contributed by atoms with Gasteiger partial charge in [-0.2, -0.15) is 0 Å². The van der Waals surface area contributed by atoms with Crippen LogP contribution in [0.25, 0.3) is 21.7 Å². The van der Waals surface area contributed by atoms with Crippen LogP contribution < -0.4 is 30.9 Å². The summed E-state index contributed by atoms with van der Waals surface area (Å²) in [5.41, 5.74) is 13.8. The lowest BCUT2D eigenvalue weighted by atomic mass is 9.85. The Bertz CT molecular complexity index is 2890. The lowest BCUT2D eigenvalue weighted by Gasteiger charge is -2.43. The van der Waals surface area contributed by atoms with Crippen LogP contribution >= 0.6 is 11.3 Å². The molecule has 5 atom stereocenters. The second-order valence-corrected chi connectivity index (χ2v) is 24.1. The van der Waals surface area contributed by atoms with Crippen molar-refractivity contribution in [3.05, 3.63) is 95.6 Å². The number of anilines is 3. The van der Waals surface area contributed by atoms with Crippen molar-refractivity contribution >= 4 is 52.2 Å². The van der Waals surface area contributed by atoms with Gasteiger partial charge in [0.05, 0.1) is 33.6 Å². The predicted molar refractivity (Wildman–Crippen MR) is 313 cm³/mol. The zero-order valence-corrected chi connectivity index (χ0v) is 47.8. The number of phenolic OH excluding ortho intramolecular Hbond substituents is 1. The van der Waals surface area contributed by atoms with E-state index in [9.17, 15) is 29.4 Å². The fraction of sp³-hybridized carbons (Fsp3) is 0.525. The molecule has 428 valence electrons. The number of nitrogens with zero attached hydrogens (tertiary/aromatic N) is 8. The fourth-order valence-corrected chi connectivity index (χ4v) is 12.7. The molecule has 80 heavy (non-hydrogen) atoms. The van der Waals surface area contributed by atoms with Crippen molar-refractivity contribution in [1.82, 2.24) is 40.5 Å². The van der Waals surface area contributed by atoms with E-state index in [4.69, 9.17) is 10.5 Å². The van der Waals surface area contributed by atoms with E-state index in [1.165, 1.54) is 4.90 Å². The normalized spacial score (nSPS) is 19.8. The largest absolute Gasteiger partial charge is 0.507 e. The number of nitrogen functional groups attached to an aromatic ring is 1. The number of piperazine rings is 2. The van der Waals surface area contributed by atoms with Gasteiger partial charge in [0.25, 0.3) is 0 Å². The van der Waals surface area contributed by atoms with Gasteiger partial charge >= 0.3 is 0 Å². The molecule has 0 saturated carbocycles. The van der Waals surface area contributed by atoms with Crippen molar-refractivity contribution in [2.24, 2.45) is 5.41 Å². The number of amides is 4. The summed E-state index contributed by atoms with van der Waals surface area (Å²) in [6.45, 7) is 14.1. The number of thiazole rings is 1. The average molecular weight is 1110 g/mol. The number of aryl methyl sites for hydroxylation is 1. The minimum Gasteiger partial charge on any atom is -0.507 e. The lowest BCUT2D eigenvalue weighted by molar-refractivity contribution is -0.144. The predicted octanol–water partition coefficient (Wildman–Crippen LogP) is 7.56. The molecule has 6 heterocycles. The van der Waals surface area contributed by atoms with Gasteiger partial charge in [0, 0.05) is 108 Å². The van der Waals surface area contributed by atoms with E-state index < -0.39 is 23.6 Å². The van der Waals surface area contributed by atoms with Crippen molar-refractivity contribution in [2.45, 2.75) is 142 Å². The highest BCUT2D eigenvalue weighted by atomic mass is 32.1. The van der Waals surface area contributed by atoms with Gasteiger partial charge in [-0.05, 0) is 79.5 Å². The Morgan fingerprint density at radius 3 is 2.23 bits per heavy atom. The third-order valence-corrected chi connectivity index (χ3v) is 17.3. The minimum absolute atomic E-state index is 0.0296. The number of ether oxygens (including phenoxy) is 1. The fourth-order valence-electron chi connectivity index (χ4n) is 11.9. The molecule has 4 amide bonds. The second-order valence-electron chi connectivity index (χ2n) is 23.2. The summed E-state index contributed by atoms with van der Waals surface area (Å²) in [6.07, 6.45) is 8.83. The zero-order valence-electron chi connectivity index (χ0n) is 47.0. The molecule has 18 nitrogen and oxygen atoms in total. The Morgan fingerprint density at radius 2 is 1.54 bits per heavy atom. The Labute approximate surface area is 475 Å². The van der Waals surface area contributed by atoms with Crippen LogP contribution in [0.15, 0.2) is 84.4 Å². The first-order valence-corrected chi connectivity index (χ1v) is 29.7. The van der Waals surface area contributed by atoms with Crippen LogP contribution in [0, 0.1) is 12.3 Å². The monoisotopic (exact) mass is 1110 g/mol. The highest BCUT2D eigenvalue weighted by Crippen LogP contribution is 2.40. The number of carbonyl (C=O) groups is 4. The summed E-state index contributed by atoms with van der Waals surface area (Å²) in [5.74, 6) is 0.730. The number of aliphatic hydroxyl groups excluding tert-OH is 1. The van der Waals surface area contributed by atoms with Crippen molar-refractivity contribution < 1.29 is 34.1 Å². The summed E-state index contributed by atoms with van der Waals surface area (Å²) in [6, 6.07) is 24.4. The molecule has 0 aliphatic carbocycles. The van der Waals surface area contributed by atoms with E-state index in [1.807, 2.05) is 86.6 Å². The maximum Gasteiger partial charge on any atom is 0.246 e. The van der Waals surface area contributed by atoms with Crippen LogP contribution in [-0.2, 0) is 25.7 Å². The summed E-state index contributed by atoms with van der Waals surface area (Å²) < 4.78 is 6.32. The molecule has 2 bridgehead atoms. The third-order valence-electron chi connectivity index (χ3n) is 16.3. The lowest BCUT2D eigenvalue weighted by Crippen LogP contribution is -2.57. The van der Waals surface area contributed by atoms with Crippen LogP contribution in [0.4, 0.5) is 17.2 Å². The van der Waals surface area contributed by atoms with E-state index in [0.717, 1.165) is 136 Å². The van der Waals surface area contributed by atoms with Gasteiger partial charge in [0.15, 0.2) is 5.82 Å². The molecular weight excluding hydrogens is 1030 g/mol. The molecule has 0 spiro atoms. The van der Waals surface area contributed by atoms with Crippen LogP contribution in [0.1, 0.15) is 109 Å². The number of aromatic nitrogens is 3. The molecule has 3 aromatic carbocycles. The highest BCUT2D eigenvalue weighted by molar-refractivity contribution is 7.13. The molecule has 4 aliphatic heterocycles. The maximum absolute atomic E-state index is 14.1. The molecule has 4 fully saturated rings. The number of aromatic hydroxyl groups is 1. The Hall–Kier alpha value is -6.83. The van der Waals surface area contributed by atoms with E-state index in [1.54, 1.807) is 23.5 Å². The topological polar surface area (TPSA) is 223 Å². The molecule has 6 N–H and O–H groups in total. The summed E-state index contributed by atoms with van der Waals surface area (Å²) >= 11 is 1.58. The Morgan fingerprint density at radius 1 is 0.838 bits per heavy atom. The summed E-state index contributed by atoms with van der Waals surface area (Å²) in [5, 5.41) is 35.6. The summed E-state index contributed by atoms with van der Waals surface area (Å²) in [7, 11) is 0. The first-order valence-electron chi connectivity index (χ1n) is 28.8. The maximum atomic E-state index is 14.1. The molecule has 9 rings (SSSR count). The van der Waals surface area contributed by atoms with Crippen molar-refractivity contribution in [3.63, 3.8) is 0 Å². The van der Waals surface area contributed by atoms with Crippen molar-refractivity contribution in [1.29, 1.82) is 0 Å². The van der Waals surface area contributed by atoms with E-state index in [0.29, 0.717) is 55.0 Å². The molecule has 4 saturated heterocycles. The number of phenols is 1. The van der Waals surface area contributed by atoms with Gasteiger partial charge < -0.3 is 50.9 Å². The van der Waals surface area contributed by atoms with E-state index in [-0.39, 0.29) is 48.9 Å². The number of rotatable bonds is 23. The summed E-state index contributed by atoms with van der Waals surface area (Å²) in [4.78, 5) is 70.0. The number of benzene rings is 3. The number of nitrogens with two attached hydrogens (primary N) is 1. The number of hydrogen-bond acceptors (Lipinski definition) is 15. The first-order chi connectivity index (χ1) is 38.6. The van der Waals surface area contributed by atoms with Gasteiger partial charge in [-0.1, -0.05) is 95.3 Å². The van der Waals surface area contributed by atoms with Crippen molar-refractivity contribution in [3.8, 4) is 33.2 Å². The third kappa shape index (κ3) is 14.6. The second kappa shape index (κ2) is 26.6. The quantitative estimate of drug-likeness (QED) is 0.0399. The zero-order chi connectivity index (χ0) is 56.3. The first kappa shape index (κ1) is 57.8. The van der Waals surface area contributed by atoms with Gasteiger partial charge in [-0.3, -0.25) is 24.1 Å². The number of fused-ring (bicyclic) bond motifs is 2. The number of β-amino-alcohol motifs (C(OH)–C–C–N with tert-alkyl or cyclic N) is 1. The molecule has 3 unspecified atom stereocenters. The number of likely N-dealkylation sites (tertiary alicyclic amines) is 1. The number of nitrogens with one attached hydrogen (secondary N) is 2. The number of unbranched alkanes of at least 4 members (excludes halogenated alkanes) is 6. The average Bonchev–Trinajstić information content (AvgIpc) is 4.19. The minimum atomic E-state index is -0.857. The highest BCUT2D eigenvalue weighted by Gasteiger charge is 2.45. The van der Waals surface area contributed by atoms with E-state index in [2.05, 4.69) is 58.7 Å². The Kier molecular flexibility index (Phi) is 19.3. The van der Waals surface area contributed by atoms with Crippen LogP contribution in [-0.4, -0.2) is 153 Å². The van der Waals surface area contributed by atoms with Gasteiger partial charge in [-0.15, -0.1) is 21.5 Å². The van der Waals surface area contributed by atoms with E-state index >= 15 is 0 Å². The number of para-hydroxylation sites is 1. The Balaban J connectivity index is 0.618.